The van der Waals surface area contributed by atoms with Crippen LogP contribution in [0.4, 0.5) is 4.39 Å². The van der Waals surface area contributed by atoms with Crippen molar-refractivity contribution in [3.05, 3.63) is 58.6 Å². The first kappa shape index (κ1) is 19.8. The molecule has 0 aliphatic rings. The van der Waals surface area contributed by atoms with Crippen molar-refractivity contribution in [3.63, 3.8) is 0 Å². The fourth-order valence-electron chi connectivity index (χ4n) is 2.05. The van der Waals surface area contributed by atoms with E-state index < -0.39 is 11.9 Å². The lowest BCUT2D eigenvalue weighted by molar-refractivity contribution is -0.127. The zero-order chi connectivity index (χ0) is 18.9. The number of amides is 2. The van der Waals surface area contributed by atoms with E-state index in [1.165, 1.54) is 18.2 Å². The third-order valence-electron chi connectivity index (χ3n) is 3.46. The van der Waals surface area contributed by atoms with Crippen LogP contribution in [-0.4, -0.2) is 29.4 Å². The van der Waals surface area contributed by atoms with Crippen molar-refractivity contribution in [3.8, 4) is 5.75 Å². The lowest BCUT2D eigenvalue weighted by Gasteiger charge is -2.15. The third kappa shape index (κ3) is 6.44. The van der Waals surface area contributed by atoms with Gasteiger partial charge < -0.3 is 15.4 Å². The molecule has 2 aromatic rings. The molecule has 2 rings (SSSR count). The first-order valence-corrected chi connectivity index (χ1v) is 8.80. The van der Waals surface area contributed by atoms with E-state index in [4.69, 9.17) is 4.74 Å². The molecule has 1 atom stereocenters. The van der Waals surface area contributed by atoms with Gasteiger partial charge in [-0.2, -0.15) is 0 Å². The second kappa shape index (κ2) is 9.86. The molecule has 6 nitrogen and oxygen atoms in total. The van der Waals surface area contributed by atoms with Crippen LogP contribution in [0, 0.1) is 5.82 Å². The molecule has 0 aliphatic heterocycles. The van der Waals surface area contributed by atoms with Crippen LogP contribution in [0.5, 0.6) is 5.75 Å². The summed E-state index contributed by atoms with van der Waals surface area (Å²) in [5, 5.41) is 5.40. The van der Waals surface area contributed by atoms with Gasteiger partial charge in [-0.25, -0.2) is 4.39 Å². The SMILES string of the molecule is CC(Oc1ccc(F)cc1Br)C(=O)NCCC(=O)NCc1ccncc1. The Hall–Kier alpha value is -2.48. The standard InChI is InChI=1S/C18H19BrFN3O3/c1-12(26-16-3-2-14(20)10-15(16)19)18(25)22-9-6-17(24)23-11-13-4-7-21-8-5-13/h2-5,7-8,10,12H,6,9,11H2,1H3,(H,22,25)(H,23,24). The lowest BCUT2D eigenvalue weighted by atomic mass is 10.2. The number of benzene rings is 1. The highest BCUT2D eigenvalue weighted by Crippen LogP contribution is 2.26. The molecule has 1 aromatic heterocycles. The van der Waals surface area contributed by atoms with Gasteiger partial charge in [0.05, 0.1) is 4.47 Å². The fourth-order valence-corrected chi connectivity index (χ4v) is 2.49. The average molecular weight is 424 g/mol. The summed E-state index contributed by atoms with van der Waals surface area (Å²) in [5.74, 6) is -0.566. The minimum Gasteiger partial charge on any atom is -0.480 e. The summed E-state index contributed by atoms with van der Waals surface area (Å²) in [6.45, 7) is 2.18. The fraction of sp³-hybridized carbons (Fsp3) is 0.278. The molecule has 0 fully saturated rings. The van der Waals surface area contributed by atoms with Crippen molar-refractivity contribution in [2.45, 2.75) is 26.0 Å². The molecule has 0 saturated heterocycles. The molecule has 138 valence electrons. The van der Waals surface area contributed by atoms with Crippen LogP contribution in [0.2, 0.25) is 0 Å². The molecule has 8 heteroatoms. The number of nitrogens with one attached hydrogen (secondary N) is 2. The second-order valence-corrected chi connectivity index (χ2v) is 6.36. The monoisotopic (exact) mass is 423 g/mol. The molecule has 0 aliphatic carbocycles. The van der Waals surface area contributed by atoms with Crippen molar-refractivity contribution in [1.82, 2.24) is 15.6 Å². The van der Waals surface area contributed by atoms with E-state index in [9.17, 15) is 14.0 Å². The van der Waals surface area contributed by atoms with Crippen LogP contribution in [0.25, 0.3) is 0 Å². The number of hydrogen-bond acceptors (Lipinski definition) is 4. The molecule has 0 spiro atoms. The summed E-state index contributed by atoms with van der Waals surface area (Å²) in [5.41, 5.74) is 0.948. The van der Waals surface area contributed by atoms with E-state index in [1.54, 1.807) is 19.3 Å². The molecule has 1 unspecified atom stereocenters. The number of hydrogen-bond donors (Lipinski definition) is 2. The van der Waals surface area contributed by atoms with Crippen molar-refractivity contribution in [2.75, 3.05) is 6.54 Å². The van der Waals surface area contributed by atoms with Gasteiger partial charge >= 0.3 is 0 Å². The normalized spacial score (nSPS) is 11.5. The molecule has 1 aromatic carbocycles. The summed E-state index contributed by atoms with van der Waals surface area (Å²) < 4.78 is 19.0. The number of halogens is 2. The van der Waals surface area contributed by atoms with Gasteiger partial charge in [-0.1, -0.05) is 0 Å². The van der Waals surface area contributed by atoms with Gasteiger partial charge in [-0.05, 0) is 58.7 Å². The van der Waals surface area contributed by atoms with Crippen molar-refractivity contribution in [2.24, 2.45) is 0 Å². The van der Waals surface area contributed by atoms with E-state index in [0.717, 1.165) is 5.56 Å². The molecule has 0 bridgehead atoms. The van der Waals surface area contributed by atoms with Gasteiger partial charge in [-0.3, -0.25) is 14.6 Å². The summed E-state index contributed by atoms with van der Waals surface area (Å²) in [6, 6.07) is 7.57. The Morgan fingerprint density at radius 3 is 2.65 bits per heavy atom. The summed E-state index contributed by atoms with van der Waals surface area (Å²) >= 11 is 3.18. The number of nitrogens with zero attached hydrogens (tertiary/aromatic N) is 1. The maximum absolute atomic E-state index is 13.1. The Kier molecular flexibility index (Phi) is 7.53. The predicted molar refractivity (Wildman–Crippen MR) is 97.9 cm³/mol. The Bertz CT molecular complexity index is 759. The minimum atomic E-state index is -0.781. The van der Waals surface area contributed by atoms with Crippen LogP contribution in [0.15, 0.2) is 47.2 Å². The van der Waals surface area contributed by atoms with Crippen LogP contribution in [0.1, 0.15) is 18.9 Å². The Labute approximate surface area is 159 Å². The highest BCUT2D eigenvalue weighted by molar-refractivity contribution is 9.10. The van der Waals surface area contributed by atoms with Gasteiger partial charge in [0.1, 0.15) is 11.6 Å². The number of carbonyl (C=O) groups is 2. The number of ether oxygens (including phenoxy) is 1. The van der Waals surface area contributed by atoms with Gasteiger partial charge in [0.25, 0.3) is 5.91 Å². The predicted octanol–water partition coefficient (Wildman–Crippen LogP) is 2.57. The van der Waals surface area contributed by atoms with Crippen molar-refractivity contribution >= 4 is 27.7 Å². The van der Waals surface area contributed by atoms with E-state index in [-0.39, 0.29) is 24.8 Å². The average Bonchev–Trinajstić information content (AvgIpc) is 2.63. The third-order valence-corrected chi connectivity index (χ3v) is 4.08. The van der Waals surface area contributed by atoms with Crippen molar-refractivity contribution < 1.29 is 18.7 Å². The van der Waals surface area contributed by atoms with Crippen LogP contribution in [0.3, 0.4) is 0 Å². The number of pyridine rings is 1. The largest absolute Gasteiger partial charge is 0.480 e. The topological polar surface area (TPSA) is 80.3 Å². The van der Waals surface area contributed by atoms with E-state index >= 15 is 0 Å². The summed E-state index contributed by atoms with van der Waals surface area (Å²) in [7, 11) is 0. The summed E-state index contributed by atoms with van der Waals surface area (Å²) in [4.78, 5) is 27.7. The zero-order valence-corrected chi connectivity index (χ0v) is 15.8. The number of carbonyl (C=O) groups excluding carboxylic acids is 2. The van der Waals surface area contributed by atoms with Gasteiger partial charge in [0.15, 0.2) is 6.10 Å². The quantitative estimate of drug-likeness (QED) is 0.683. The Morgan fingerprint density at radius 2 is 1.96 bits per heavy atom. The second-order valence-electron chi connectivity index (χ2n) is 5.51. The number of rotatable bonds is 8. The molecular formula is C18H19BrFN3O3. The highest BCUT2D eigenvalue weighted by atomic mass is 79.9. The molecule has 1 heterocycles. The van der Waals surface area contributed by atoms with Gasteiger partial charge in [0, 0.05) is 31.9 Å². The van der Waals surface area contributed by atoms with Crippen LogP contribution >= 0.6 is 15.9 Å². The molecular weight excluding hydrogens is 405 g/mol. The molecule has 0 radical (unpaired) electrons. The van der Waals surface area contributed by atoms with E-state index in [1.807, 2.05) is 12.1 Å². The van der Waals surface area contributed by atoms with E-state index in [0.29, 0.717) is 16.8 Å². The first-order valence-electron chi connectivity index (χ1n) is 8.00. The Morgan fingerprint density at radius 1 is 1.23 bits per heavy atom. The highest BCUT2D eigenvalue weighted by Gasteiger charge is 2.16. The molecule has 26 heavy (non-hydrogen) atoms. The smallest absolute Gasteiger partial charge is 0.260 e. The summed E-state index contributed by atoms with van der Waals surface area (Å²) in [6.07, 6.45) is 2.69. The Balaban J connectivity index is 1.69. The first-order chi connectivity index (χ1) is 12.5. The maximum Gasteiger partial charge on any atom is 0.260 e. The van der Waals surface area contributed by atoms with E-state index in [2.05, 4.69) is 31.5 Å². The van der Waals surface area contributed by atoms with Crippen LogP contribution in [-0.2, 0) is 16.1 Å². The van der Waals surface area contributed by atoms with Crippen LogP contribution < -0.4 is 15.4 Å². The van der Waals surface area contributed by atoms with Crippen molar-refractivity contribution in [1.29, 1.82) is 0 Å². The molecule has 2 N–H and O–H groups in total. The van der Waals surface area contributed by atoms with Gasteiger partial charge in [0.2, 0.25) is 5.91 Å². The minimum absolute atomic E-state index is 0.157. The lowest BCUT2D eigenvalue weighted by Crippen LogP contribution is -2.38. The number of aromatic nitrogens is 1. The maximum atomic E-state index is 13.1. The molecule has 0 saturated carbocycles. The molecule has 2 amide bonds. The van der Waals surface area contributed by atoms with Gasteiger partial charge in [-0.15, -0.1) is 0 Å². The zero-order valence-electron chi connectivity index (χ0n) is 14.2.